The van der Waals surface area contributed by atoms with Crippen molar-refractivity contribution in [1.82, 2.24) is 4.90 Å². The van der Waals surface area contributed by atoms with Gasteiger partial charge in [-0.05, 0) is 55.7 Å². The van der Waals surface area contributed by atoms with Gasteiger partial charge in [0.1, 0.15) is 0 Å². The van der Waals surface area contributed by atoms with Crippen molar-refractivity contribution in [1.29, 1.82) is 0 Å². The van der Waals surface area contributed by atoms with E-state index in [9.17, 15) is 4.79 Å². The van der Waals surface area contributed by atoms with E-state index in [1.807, 2.05) is 30.3 Å². The van der Waals surface area contributed by atoms with Crippen LogP contribution in [-0.2, 0) is 4.79 Å². The summed E-state index contributed by atoms with van der Waals surface area (Å²) in [5, 5.41) is 3.82. The lowest BCUT2D eigenvalue weighted by Crippen LogP contribution is -2.48. The standard InChI is InChI=1S/C23H29ClN4O/c24-21-6-2-3-7-22(21)28-16-14-26(15-17-28)18-23(29)25-19-8-10-20(11-9-19)27-12-4-1-5-13-27/h2-3,6-11H,1,4-5,12-18H2,(H,25,29). The summed E-state index contributed by atoms with van der Waals surface area (Å²) in [4.78, 5) is 19.4. The summed E-state index contributed by atoms with van der Waals surface area (Å²) in [5.74, 6) is 0.0434. The Morgan fingerprint density at radius 2 is 1.52 bits per heavy atom. The molecule has 2 saturated heterocycles. The van der Waals surface area contributed by atoms with Gasteiger partial charge in [-0.25, -0.2) is 0 Å². The molecule has 0 unspecified atom stereocenters. The van der Waals surface area contributed by atoms with Gasteiger partial charge in [0, 0.05) is 50.6 Å². The van der Waals surface area contributed by atoms with Gasteiger partial charge in [-0.2, -0.15) is 0 Å². The van der Waals surface area contributed by atoms with Crippen LogP contribution in [0.5, 0.6) is 0 Å². The first-order valence-corrected chi connectivity index (χ1v) is 10.9. The monoisotopic (exact) mass is 412 g/mol. The molecule has 2 aromatic rings. The Hall–Kier alpha value is -2.24. The van der Waals surface area contributed by atoms with Crippen molar-refractivity contribution in [2.24, 2.45) is 0 Å². The number of anilines is 3. The first-order chi connectivity index (χ1) is 14.2. The number of para-hydroxylation sites is 1. The molecule has 2 fully saturated rings. The Morgan fingerprint density at radius 1 is 0.828 bits per heavy atom. The number of hydrogen-bond donors (Lipinski definition) is 1. The normalized spacial score (nSPS) is 18.0. The smallest absolute Gasteiger partial charge is 0.238 e. The molecule has 0 aromatic heterocycles. The number of carbonyl (C=O) groups excluding carboxylic acids is 1. The van der Waals surface area contributed by atoms with Crippen molar-refractivity contribution in [2.45, 2.75) is 19.3 Å². The molecule has 5 nitrogen and oxygen atoms in total. The summed E-state index contributed by atoms with van der Waals surface area (Å²) in [6.45, 7) is 6.14. The molecule has 2 aliphatic heterocycles. The highest BCUT2D eigenvalue weighted by Crippen LogP contribution is 2.26. The number of rotatable bonds is 5. The van der Waals surface area contributed by atoms with Crippen molar-refractivity contribution in [2.75, 3.05) is 60.9 Å². The lowest BCUT2D eigenvalue weighted by Gasteiger charge is -2.36. The van der Waals surface area contributed by atoms with E-state index in [-0.39, 0.29) is 5.91 Å². The molecule has 2 aromatic carbocycles. The van der Waals surface area contributed by atoms with Crippen molar-refractivity contribution < 1.29 is 4.79 Å². The molecule has 0 saturated carbocycles. The van der Waals surface area contributed by atoms with Crippen LogP contribution in [0.3, 0.4) is 0 Å². The molecule has 0 bridgehead atoms. The quantitative estimate of drug-likeness (QED) is 0.802. The minimum atomic E-state index is 0.0434. The zero-order valence-electron chi connectivity index (χ0n) is 16.8. The fraction of sp³-hybridized carbons (Fsp3) is 0.435. The molecule has 1 N–H and O–H groups in total. The van der Waals surface area contributed by atoms with Gasteiger partial charge in [0.15, 0.2) is 0 Å². The summed E-state index contributed by atoms with van der Waals surface area (Å²) in [6, 6.07) is 16.2. The van der Waals surface area contributed by atoms with E-state index in [0.717, 1.165) is 55.7 Å². The maximum absolute atomic E-state index is 12.5. The first kappa shape index (κ1) is 20.0. The molecular weight excluding hydrogens is 384 g/mol. The lowest BCUT2D eigenvalue weighted by atomic mass is 10.1. The van der Waals surface area contributed by atoms with Crippen LogP contribution < -0.4 is 15.1 Å². The number of nitrogens with one attached hydrogen (secondary N) is 1. The van der Waals surface area contributed by atoms with Crippen LogP contribution in [0.4, 0.5) is 17.1 Å². The second-order valence-electron chi connectivity index (χ2n) is 7.86. The summed E-state index contributed by atoms with van der Waals surface area (Å²) in [5.41, 5.74) is 3.19. The minimum absolute atomic E-state index is 0.0434. The summed E-state index contributed by atoms with van der Waals surface area (Å²) < 4.78 is 0. The van der Waals surface area contributed by atoms with Crippen LogP contribution in [0.15, 0.2) is 48.5 Å². The minimum Gasteiger partial charge on any atom is -0.372 e. The Morgan fingerprint density at radius 3 is 2.21 bits per heavy atom. The maximum atomic E-state index is 12.5. The number of carbonyl (C=O) groups is 1. The van der Waals surface area contributed by atoms with Gasteiger partial charge >= 0.3 is 0 Å². The highest BCUT2D eigenvalue weighted by molar-refractivity contribution is 6.33. The molecule has 0 atom stereocenters. The fourth-order valence-electron chi connectivity index (χ4n) is 4.17. The maximum Gasteiger partial charge on any atom is 0.238 e. The van der Waals surface area contributed by atoms with E-state index in [1.165, 1.54) is 24.9 Å². The largest absolute Gasteiger partial charge is 0.372 e. The molecule has 0 spiro atoms. The van der Waals surface area contributed by atoms with Crippen molar-refractivity contribution in [3.63, 3.8) is 0 Å². The summed E-state index contributed by atoms with van der Waals surface area (Å²) >= 11 is 6.31. The van der Waals surface area contributed by atoms with Crippen LogP contribution in [0, 0.1) is 0 Å². The van der Waals surface area contributed by atoms with Gasteiger partial charge in [0.2, 0.25) is 5.91 Å². The Bertz CT molecular complexity index is 812. The van der Waals surface area contributed by atoms with E-state index in [4.69, 9.17) is 11.6 Å². The average molecular weight is 413 g/mol. The summed E-state index contributed by atoms with van der Waals surface area (Å²) in [7, 11) is 0. The Kier molecular flexibility index (Phi) is 6.57. The Labute approximate surface area is 178 Å². The molecule has 2 aliphatic rings. The topological polar surface area (TPSA) is 38.8 Å². The van der Waals surface area contributed by atoms with E-state index < -0.39 is 0 Å². The number of halogens is 1. The van der Waals surface area contributed by atoms with Gasteiger partial charge < -0.3 is 15.1 Å². The van der Waals surface area contributed by atoms with Gasteiger partial charge in [-0.15, -0.1) is 0 Å². The number of piperazine rings is 1. The number of benzene rings is 2. The van der Waals surface area contributed by atoms with Crippen LogP contribution >= 0.6 is 11.6 Å². The molecule has 4 rings (SSSR count). The SMILES string of the molecule is O=C(CN1CCN(c2ccccc2Cl)CC1)Nc1ccc(N2CCCCC2)cc1. The van der Waals surface area contributed by atoms with Gasteiger partial charge in [0.05, 0.1) is 17.3 Å². The molecule has 0 aliphatic carbocycles. The first-order valence-electron chi connectivity index (χ1n) is 10.6. The number of hydrogen-bond acceptors (Lipinski definition) is 4. The van der Waals surface area contributed by atoms with Crippen LogP contribution in [0.25, 0.3) is 0 Å². The van der Waals surface area contributed by atoms with Gasteiger partial charge in [0.25, 0.3) is 0 Å². The zero-order valence-corrected chi connectivity index (χ0v) is 17.6. The van der Waals surface area contributed by atoms with E-state index in [2.05, 4.69) is 38.2 Å². The van der Waals surface area contributed by atoms with Crippen LogP contribution in [0.1, 0.15) is 19.3 Å². The second-order valence-corrected chi connectivity index (χ2v) is 8.26. The number of amides is 1. The molecule has 29 heavy (non-hydrogen) atoms. The fourth-order valence-corrected chi connectivity index (χ4v) is 4.42. The van der Waals surface area contributed by atoms with E-state index >= 15 is 0 Å². The second kappa shape index (κ2) is 9.51. The predicted octanol–water partition coefficient (Wildman–Crippen LogP) is 4.09. The van der Waals surface area contributed by atoms with Crippen LogP contribution in [0.2, 0.25) is 5.02 Å². The number of nitrogens with zero attached hydrogens (tertiary/aromatic N) is 3. The summed E-state index contributed by atoms with van der Waals surface area (Å²) in [6.07, 6.45) is 3.86. The molecule has 6 heteroatoms. The predicted molar refractivity (Wildman–Crippen MR) is 121 cm³/mol. The lowest BCUT2D eigenvalue weighted by molar-refractivity contribution is -0.117. The molecule has 0 radical (unpaired) electrons. The third kappa shape index (κ3) is 5.22. The Balaban J connectivity index is 1.24. The highest BCUT2D eigenvalue weighted by atomic mass is 35.5. The van der Waals surface area contributed by atoms with Crippen molar-refractivity contribution in [3.8, 4) is 0 Å². The van der Waals surface area contributed by atoms with E-state index in [0.29, 0.717) is 6.54 Å². The van der Waals surface area contributed by atoms with Crippen LogP contribution in [-0.4, -0.2) is 56.6 Å². The third-order valence-corrected chi connectivity index (χ3v) is 6.12. The van der Waals surface area contributed by atoms with Gasteiger partial charge in [-0.3, -0.25) is 9.69 Å². The highest BCUT2D eigenvalue weighted by Gasteiger charge is 2.20. The molecule has 2 heterocycles. The number of piperidine rings is 1. The third-order valence-electron chi connectivity index (χ3n) is 5.80. The van der Waals surface area contributed by atoms with Crippen molar-refractivity contribution >= 4 is 34.6 Å². The van der Waals surface area contributed by atoms with E-state index in [1.54, 1.807) is 0 Å². The molecule has 154 valence electrons. The average Bonchev–Trinajstić information content (AvgIpc) is 2.76. The molecular formula is C23H29ClN4O. The molecule has 1 amide bonds. The van der Waals surface area contributed by atoms with Gasteiger partial charge in [-0.1, -0.05) is 23.7 Å². The zero-order chi connectivity index (χ0) is 20.1. The van der Waals surface area contributed by atoms with Crippen molar-refractivity contribution in [3.05, 3.63) is 53.6 Å².